The molecule has 0 fully saturated rings. The summed E-state index contributed by atoms with van der Waals surface area (Å²) in [5.74, 6) is 0.939. The lowest BCUT2D eigenvalue weighted by Gasteiger charge is -2.16. The molecule has 4 nitrogen and oxygen atoms in total. The van der Waals surface area contributed by atoms with Gasteiger partial charge in [-0.3, -0.25) is 0 Å². The van der Waals surface area contributed by atoms with Gasteiger partial charge in [-0.05, 0) is 6.07 Å². The van der Waals surface area contributed by atoms with Gasteiger partial charge in [-0.2, -0.15) is 0 Å². The first-order valence-electron chi connectivity index (χ1n) is 6.24. The average Bonchev–Trinajstić information content (AvgIpc) is 2.83. The Morgan fingerprint density at radius 3 is 3.17 bits per heavy atom. The van der Waals surface area contributed by atoms with Crippen molar-refractivity contribution in [3.63, 3.8) is 0 Å². The molecule has 1 aromatic heterocycles. The second kappa shape index (κ2) is 4.82. The van der Waals surface area contributed by atoms with Gasteiger partial charge in [-0.25, -0.2) is 4.98 Å². The molecule has 0 saturated heterocycles. The molecule has 0 aliphatic carbocycles. The van der Waals surface area contributed by atoms with E-state index >= 15 is 0 Å². The van der Waals surface area contributed by atoms with Crippen LogP contribution in [-0.4, -0.2) is 23.2 Å². The third-order valence-electron chi connectivity index (χ3n) is 3.40. The number of aromatic nitrogens is 2. The van der Waals surface area contributed by atoms with E-state index in [0.29, 0.717) is 0 Å². The molecule has 0 saturated carbocycles. The first-order valence-corrected chi connectivity index (χ1v) is 6.24. The Kier molecular flexibility index (Phi) is 3.02. The van der Waals surface area contributed by atoms with Gasteiger partial charge in [0.25, 0.3) is 0 Å². The van der Waals surface area contributed by atoms with Crippen molar-refractivity contribution in [2.45, 2.75) is 19.5 Å². The van der Waals surface area contributed by atoms with Gasteiger partial charge in [0, 0.05) is 30.8 Å². The van der Waals surface area contributed by atoms with Crippen molar-refractivity contribution >= 4 is 0 Å². The maximum absolute atomic E-state index is 5.39. The van der Waals surface area contributed by atoms with Crippen LogP contribution < -0.4 is 10.1 Å². The Morgan fingerprint density at radius 1 is 1.39 bits per heavy atom. The van der Waals surface area contributed by atoms with Crippen LogP contribution in [0, 0.1) is 0 Å². The lowest BCUT2D eigenvalue weighted by atomic mass is 10.1. The highest BCUT2D eigenvalue weighted by Crippen LogP contribution is 2.20. The topological polar surface area (TPSA) is 39.1 Å². The van der Waals surface area contributed by atoms with Crippen LogP contribution in [0.3, 0.4) is 0 Å². The summed E-state index contributed by atoms with van der Waals surface area (Å²) in [5, 5.41) is 3.34. The van der Waals surface area contributed by atoms with Crippen LogP contribution in [0.4, 0.5) is 0 Å². The Hall–Kier alpha value is -1.81. The molecule has 3 rings (SSSR count). The second-order valence-electron chi connectivity index (χ2n) is 4.50. The van der Waals surface area contributed by atoms with Crippen LogP contribution in [0.2, 0.25) is 0 Å². The molecule has 0 atom stereocenters. The van der Waals surface area contributed by atoms with Crippen molar-refractivity contribution in [2.24, 2.45) is 0 Å². The van der Waals surface area contributed by atoms with Crippen molar-refractivity contribution in [2.75, 3.05) is 13.7 Å². The number of fused-ring (bicyclic) bond motifs is 1. The molecule has 0 spiro atoms. The van der Waals surface area contributed by atoms with Gasteiger partial charge < -0.3 is 14.6 Å². The number of nitrogens with zero attached hydrogens (tertiary/aromatic N) is 2. The number of nitrogens with one attached hydrogen (secondary N) is 1. The maximum atomic E-state index is 5.39. The van der Waals surface area contributed by atoms with E-state index in [2.05, 4.69) is 20.9 Å². The molecular weight excluding hydrogens is 226 g/mol. The zero-order valence-corrected chi connectivity index (χ0v) is 10.5. The molecule has 0 amide bonds. The molecule has 0 bridgehead atoms. The third-order valence-corrected chi connectivity index (χ3v) is 3.40. The molecule has 0 radical (unpaired) electrons. The van der Waals surface area contributed by atoms with Crippen molar-refractivity contribution in [1.29, 1.82) is 0 Å². The number of hydrogen-bond acceptors (Lipinski definition) is 3. The first kappa shape index (κ1) is 11.3. The molecule has 2 aromatic rings. The van der Waals surface area contributed by atoms with Crippen molar-refractivity contribution < 1.29 is 4.74 Å². The van der Waals surface area contributed by atoms with E-state index in [1.54, 1.807) is 7.11 Å². The Labute approximate surface area is 107 Å². The lowest BCUT2D eigenvalue weighted by Crippen LogP contribution is -2.25. The van der Waals surface area contributed by atoms with Crippen LogP contribution in [0.25, 0.3) is 0 Å². The van der Waals surface area contributed by atoms with Crippen LogP contribution in [-0.2, 0) is 19.5 Å². The SMILES string of the molecule is COc1ccccc1Cn1cnc2c1CCNC2. The molecular formula is C14H17N3O. The van der Waals surface area contributed by atoms with Gasteiger partial charge in [-0.1, -0.05) is 18.2 Å². The maximum Gasteiger partial charge on any atom is 0.123 e. The summed E-state index contributed by atoms with van der Waals surface area (Å²) in [4.78, 5) is 4.47. The molecule has 2 heterocycles. The number of benzene rings is 1. The summed E-state index contributed by atoms with van der Waals surface area (Å²) in [6, 6.07) is 8.14. The van der Waals surface area contributed by atoms with Gasteiger partial charge in [-0.15, -0.1) is 0 Å². The van der Waals surface area contributed by atoms with E-state index < -0.39 is 0 Å². The smallest absolute Gasteiger partial charge is 0.123 e. The highest BCUT2D eigenvalue weighted by molar-refractivity contribution is 5.34. The average molecular weight is 243 g/mol. The van der Waals surface area contributed by atoms with E-state index in [9.17, 15) is 0 Å². The summed E-state index contributed by atoms with van der Waals surface area (Å²) in [5.41, 5.74) is 3.72. The highest BCUT2D eigenvalue weighted by Gasteiger charge is 2.15. The second-order valence-corrected chi connectivity index (χ2v) is 4.50. The molecule has 1 aliphatic rings. The van der Waals surface area contributed by atoms with Crippen molar-refractivity contribution in [1.82, 2.24) is 14.9 Å². The molecule has 0 unspecified atom stereocenters. The molecule has 1 N–H and O–H groups in total. The molecule has 18 heavy (non-hydrogen) atoms. The summed E-state index contributed by atoms with van der Waals surface area (Å²) in [6.07, 6.45) is 2.98. The van der Waals surface area contributed by atoms with E-state index in [4.69, 9.17) is 4.74 Å². The predicted molar refractivity (Wildman–Crippen MR) is 69.7 cm³/mol. The standard InChI is InChI=1S/C14H17N3O/c1-18-14-5-3-2-4-11(14)9-17-10-16-12-8-15-7-6-13(12)17/h2-5,10,15H,6-9H2,1H3. The van der Waals surface area contributed by atoms with E-state index in [1.807, 2.05) is 24.5 Å². The molecule has 1 aliphatic heterocycles. The van der Waals surface area contributed by atoms with Crippen LogP contribution in [0.1, 0.15) is 17.0 Å². The number of methoxy groups -OCH3 is 1. The summed E-state index contributed by atoms with van der Waals surface area (Å²) >= 11 is 0. The summed E-state index contributed by atoms with van der Waals surface area (Å²) in [6.45, 7) is 2.74. The number of imidazole rings is 1. The monoisotopic (exact) mass is 243 g/mol. The van der Waals surface area contributed by atoms with E-state index in [-0.39, 0.29) is 0 Å². The Bertz CT molecular complexity index is 548. The van der Waals surface area contributed by atoms with Gasteiger partial charge in [0.2, 0.25) is 0 Å². The number of para-hydroxylation sites is 1. The van der Waals surface area contributed by atoms with Crippen molar-refractivity contribution in [3.05, 3.63) is 47.5 Å². The van der Waals surface area contributed by atoms with E-state index in [0.717, 1.165) is 31.8 Å². The number of hydrogen-bond donors (Lipinski definition) is 1. The molecule has 94 valence electrons. The Balaban J connectivity index is 1.90. The fourth-order valence-electron chi connectivity index (χ4n) is 2.45. The summed E-state index contributed by atoms with van der Waals surface area (Å²) < 4.78 is 7.62. The van der Waals surface area contributed by atoms with Gasteiger partial charge in [0.1, 0.15) is 5.75 Å². The lowest BCUT2D eigenvalue weighted by molar-refractivity contribution is 0.408. The zero-order valence-electron chi connectivity index (χ0n) is 10.5. The zero-order chi connectivity index (χ0) is 12.4. The van der Waals surface area contributed by atoms with Crippen molar-refractivity contribution in [3.8, 4) is 5.75 Å². The number of rotatable bonds is 3. The van der Waals surface area contributed by atoms with E-state index in [1.165, 1.54) is 17.0 Å². The number of ether oxygens (including phenoxy) is 1. The quantitative estimate of drug-likeness (QED) is 0.889. The normalized spacial score (nSPS) is 14.3. The molecule has 1 aromatic carbocycles. The molecule has 4 heteroatoms. The van der Waals surface area contributed by atoms with Crippen LogP contribution in [0.15, 0.2) is 30.6 Å². The van der Waals surface area contributed by atoms with Gasteiger partial charge in [0.15, 0.2) is 0 Å². The van der Waals surface area contributed by atoms with Crippen LogP contribution >= 0.6 is 0 Å². The third kappa shape index (κ3) is 1.99. The fourth-order valence-corrected chi connectivity index (χ4v) is 2.45. The fraction of sp³-hybridized carbons (Fsp3) is 0.357. The minimum absolute atomic E-state index is 0.826. The summed E-state index contributed by atoms with van der Waals surface area (Å²) in [7, 11) is 1.71. The first-order chi connectivity index (χ1) is 8.88. The largest absolute Gasteiger partial charge is 0.496 e. The van der Waals surface area contributed by atoms with Gasteiger partial charge >= 0.3 is 0 Å². The minimum atomic E-state index is 0.826. The Morgan fingerprint density at radius 2 is 2.28 bits per heavy atom. The van der Waals surface area contributed by atoms with Crippen LogP contribution in [0.5, 0.6) is 5.75 Å². The predicted octanol–water partition coefficient (Wildman–Crippen LogP) is 1.59. The van der Waals surface area contributed by atoms with Gasteiger partial charge in [0.05, 0.1) is 25.7 Å². The highest BCUT2D eigenvalue weighted by atomic mass is 16.5. The minimum Gasteiger partial charge on any atom is -0.496 e.